The van der Waals surface area contributed by atoms with Crippen LogP contribution in [0.2, 0.25) is 0 Å². The molecule has 0 aliphatic rings. The number of benzene rings is 2. The van der Waals surface area contributed by atoms with Gasteiger partial charge in [0, 0.05) is 29.7 Å². The van der Waals surface area contributed by atoms with Crippen LogP contribution in [-0.4, -0.2) is 48.8 Å². The zero-order valence-corrected chi connectivity index (χ0v) is 15.6. The summed E-state index contributed by atoms with van der Waals surface area (Å²) in [6.45, 7) is 2.20. The molecular weight excluding hydrogens is 338 g/mol. The first-order valence-corrected chi connectivity index (χ1v) is 8.77. The van der Waals surface area contributed by atoms with E-state index >= 15 is 0 Å². The quantitative estimate of drug-likeness (QED) is 0.548. The molecule has 2 heterocycles. The molecule has 2 aromatic carbocycles. The smallest absolute Gasteiger partial charge is 0.144 e. The third kappa shape index (κ3) is 3.37. The molecule has 0 fully saturated rings. The fourth-order valence-corrected chi connectivity index (χ4v) is 3.01. The first kappa shape index (κ1) is 17.1. The normalized spacial score (nSPS) is 12.4. The van der Waals surface area contributed by atoms with Gasteiger partial charge < -0.3 is 4.90 Å². The van der Waals surface area contributed by atoms with Crippen LogP contribution >= 0.6 is 0 Å². The number of imidazole rings is 1. The monoisotopic (exact) mass is 359 g/mol. The van der Waals surface area contributed by atoms with Crippen molar-refractivity contribution in [3.8, 4) is 22.8 Å². The molecule has 7 heteroatoms. The molecule has 0 aliphatic heterocycles. The van der Waals surface area contributed by atoms with Crippen LogP contribution in [0.5, 0.6) is 0 Å². The molecule has 27 heavy (non-hydrogen) atoms. The Morgan fingerprint density at radius 2 is 1.78 bits per heavy atom. The van der Waals surface area contributed by atoms with Gasteiger partial charge in [0.2, 0.25) is 0 Å². The predicted octanol–water partition coefficient (Wildman–Crippen LogP) is 3.14. The summed E-state index contributed by atoms with van der Waals surface area (Å²) in [7, 11) is 4.18. The second-order valence-electron chi connectivity index (χ2n) is 6.66. The van der Waals surface area contributed by atoms with Crippen LogP contribution in [0.1, 0.15) is 18.5 Å². The lowest BCUT2D eigenvalue weighted by Crippen LogP contribution is -2.16. The van der Waals surface area contributed by atoms with Crippen LogP contribution in [0, 0.1) is 0 Å². The van der Waals surface area contributed by atoms with Crippen LogP contribution in [0.15, 0.2) is 67.3 Å². The number of tetrazole rings is 1. The molecule has 4 aromatic rings. The fourth-order valence-electron chi connectivity index (χ4n) is 3.01. The second-order valence-corrected chi connectivity index (χ2v) is 6.66. The molecule has 0 radical (unpaired) electrons. The molecule has 1 atom stereocenters. The fraction of sp³-hybridized carbons (Fsp3) is 0.200. The average Bonchev–Trinajstić information content (AvgIpc) is 3.39. The van der Waals surface area contributed by atoms with Gasteiger partial charge in [-0.1, -0.05) is 18.2 Å². The zero-order chi connectivity index (χ0) is 18.8. The van der Waals surface area contributed by atoms with E-state index in [1.807, 2.05) is 36.7 Å². The largest absolute Gasteiger partial charge is 0.303 e. The lowest BCUT2D eigenvalue weighted by Gasteiger charge is -2.20. The third-order valence-electron chi connectivity index (χ3n) is 4.78. The number of rotatable bonds is 5. The molecular formula is C20H21N7. The second kappa shape index (κ2) is 7.13. The van der Waals surface area contributed by atoms with Crippen molar-refractivity contribution in [1.82, 2.24) is 34.7 Å². The predicted molar refractivity (Wildman–Crippen MR) is 104 cm³/mol. The molecule has 136 valence electrons. The van der Waals surface area contributed by atoms with Gasteiger partial charge in [0.1, 0.15) is 12.2 Å². The van der Waals surface area contributed by atoms with E-state index in [0.29, 0.717) is 6.04 Å². The van der Waals surface area contributed by atoms with Crippen LogP contribution in [0.3, 0.4) is 0 Å². The van der Waals surface area contributed by atoms with Gasteiger partial charge in [0.15, 0.2) is 0 Å². The van der Waals surface area contributed by atoms with Crippen LogP contribution in [-0.2, 0) is 0 Å². The first-order chi connectivity index (χ1) is 13.1. The highest BCUT2D eigenvalue weighted by Crippen LogP contribution is 2.26. The summed E-state index contributed by atoms with van der Waals surface area (Å²) in [5.41, 5.74) is 4.30. The Morgan fingerprint density at radius 1 is 1.00 bits per heavy atom. The van der Waals surface area contributed by atoms with Crippen molar-refractivity contribution in [3.63, 3.8) is 0 Å². The summed E-state index contributed by atoms with van der Waals surface area (Å²) in [5, 5.41) is 11.3. The van der Waals surface area contributed by atoms with Crippen molar-refractivity contribution in [3.05, 3.63) is 72.8 Å². The molecule has 0 N–H and O–H groups in total. The van der Waals surface area contributed by atoms with Gasteiger partial charge in [0.25, 0.3) is 0 Å². The molecule has 0 spiro atoms. The number of hydrogen-bond acceptors (Lipinski definition) is 5. The summed E-state index contributed by atoms with van der Waals surface area (Å²) in [5.74, 6) is 0.915. The van der Waals surface area contributed by atoms with Crippen LogP contribution in [0.4, 0.5) is 0 Å². The Labute approximate surface area is 157 Å². The van der Waals surface area contributed by atoms with E-state index in [1.165, 1.54) is 5.56 Å². The summed E-state index contributed by atoms with van der Waals surface area (Å²) in [6.07, 6.45) is 5.38. The Kier molecular flexibility index (Phi) is 4.52. The van der Waals surface area contributed by atoms with Gasteiger partial charge in [-0.25, -0.2) is 9.67 Å². The maximum atomic E-state index is 4.59. The number of aromatic nitrogens is 6. The van der Waals surface area contributed by atoms with E-state index in [2.05, 4.69) is 75.3 Å². The van der Waals surface area contributed by atoms with Crippen molar-refractivity contribution in [2.24, 2.45) is 0 Å². The molecule has 0 aliphatic carbocycles. The molecule has 0 unspecified atom stereocenters. The Bertz CT molecular complexity index is 1020. The molecule has 4 rings (SSSR count). The summed E-state index contributed by atoms with van der Waals surface area (Å²) in [6, 6.07) is 16.9. The standard InChI is InChI=1S/C20H21N7/c1-15(25(2)3)16-5-4-6-17(13-16)20-21-11-12-26(20)18-7-9-19(10-8-18)27-14-22-23-24-27/h4-15H,1-3H3/t15-/m1/s1. The van der Waals surface area contributed by atoms with Gasteiger partial charge >= 0.3 is 0 Å². The Morgan fingerprint density at radius 3 is 2.48 bits per heavy atom. The van der Waals surface area contributed by atoms with E-state index in [1.54, 1.807) is 11.0 Å². The van der Waals surface area contributed by atoms with Crippen molar-refractivity contribution in [1.29, 1.82) is 0 Å². The SMILES string of the molecule is C[C@H](c1cccc(-c2nccn2-c2ccc(-n3cnnn3)cc2)c1)N(C)C. The van der Waals surface area contributed by atoms with Gasteiger partial charge in [0.05, 0.1) is 5.69 Å². The molecule has 7 nitrogen and oxygen atoms in total. The summed E-state index contributed by atoms with van der Waals surface area (Å²) < 4.78 is 3.72. The lowest BCUT2D eigenvalue weighted by atomic mass is 10.0. The molecule has 2 aromatic heterocycles. The van der Waals surface area contributed by atoms with Gasteiger partial charge in [-0.05, 0) is 67.3 Å². The highest BCUT2D eigenvalue weighted by atomic mass is 15.5. The highest BCUT2D eigenvalue weighted by molar-refractivity contribution is 5.60. The molecule has 0 amide bonds. The lowest BCUT2D eigenvalue weighted by molar-refractivity contribution is 0.321. The van der Waals surface area contributed by atoms with Crippen molar-refractivity contribution < 1.29 is 0 Å². The van der Waals surface area contributed by atoms with E-state index in [9.17, 15) is 0 Å². The molecule has 0 bridgehead atoms. The average molecular weight is 359 g/mol. The minimum Gasteiger partial charge on any atom is -0.303 e. The van der Waals surface area contributed by atoms with Gasteiger partial charge in [-0.3, -0.25) is 4.57 Å². The van der Waals surface area contributed by atoms with E-state index in [-0.39, 0.29) is 0 Å². The van der Waals surface area contributed by atoms with Crippen LogP contribution in [0.25, 0.3) is 22.8 Å². The van der Waals surface area contributed by atoms with Crippen molar-refractivity contribution in [2.75, 3.05) is 14.1 Å². The number of nitrogens with zero attached hydrogens (tertiary/aromatic N) is 7. The van der Waals surface area contributed by atoms with Crippen molar-refractivity contribution in [2.45, 2.75) is 13.0 Å². The summed E-state index contributed by atoms with van der Waals surface area (Å²) >= 11 is 0. The molecule has 0 saturated carbocycles. The Hall–Kier alpha value is -3.32. The third-order valence-corrected chi connectivity index (χ3v) is 4.78. The van der Waals surface area contributed by atoms with E-state index in [0.717, 1.165) is 22.8 Å². The van der Waals surface area contributed by atoms with Gasteiger partial charge in [-0.15, -0.1) is 5.10 Å². The van der Waals surface area contributed by atoms with Crippen LogP contribution < -0.4 is 0 Å². The first-order valence-electron chi connectivity index (χ1n) is 8.77. The summed E-state index contributed by atoms with van der Waals surface area (Å²) in [4.78, 5) is 6.79. The minimum atomic E-state index is 0.337. The molecule has 0 saturated heterocycles. The van der Waals surface area contributed by atoms with E-state index in [4.69, 9.17) is 0 Å². The zero-order valence-electron chi connectivity index (χ0n) is 15.6. The highest BCUT2D eigenvalue weighted by Gasteiger charge is 2.12. The maximum Gasteiger partial charge on any atom is 0.144 e. The topological polar surface area (TPSA) is 64.7 Å². The maximum absolute atomic E-state index is 4.59. The minimum absolute atomic E-state index is 0.337. The number of hydrogen-bond donors (Lipinski definition) is 0. The Balaban J connectivity index is 1.68. The van der Waals surface area contributed by atoms with E-state index < -0.39 is 0 Å². The van der Waals surface area contributed by atoms with Crippen molar-refractivity contribution >= 4 is 0 Å². The van der Waals surface area contributed by atoms with Gasteiger partial charge in [-0.2, -0.15) is 0 Å².